The first-order valence-electron chi connectivity index (χ1n) is 8.00. The van der Waals surface area contributed by atoms with E-state index in [2.05, 4.69) is 0 Å². The van der Waals surface area contributed by atoms with Gasteiger partial charge in [-0.05, 0) is 18.1 Å². The van der Waals surface area contributed by atoms with Crippen molar-refractivity contribution in [3.8, 4) is 11.5 Å². The Morgan fingerprint density at radius 3 is 2.56 bits per heavy atom. The number of hydrogen-bond acceptors (Lipinski definition) is 6. The summed E-state index contributed by atoms with van der Waals surface area (Å²) in [7, 11) is 1.46. The Kier molecular flexibility index (Phi) is 4.24. The van der Waals surface area contributed by atoms with Crippen molar-refractivity contribution in [3.63, 3.8) is 0 Å². The van der Waals surface area contributed by atoms with Crippen molar-refractivity contribution in [2.75, 3.05) is 13.7 Å². The number of phenolic OH excluding ortho intramolecular Hbond substituents is 2. The number of rotatable bonds is 3. The Hall–Kier alpha value is -2.83. The molecule has 0 aromatic heterocycles. The third-order valence-corrected chi connectivity index (χ3v) is 4.95. The summed E-state index contributed by atoms with van der Waals surface area (Å²) in [6.07, 6.45) is 3.65. The van der Waals surface area contributed by atoms with Crippen molar-refractivity contribution in [2.24, 2.45) is 23.7 Å². The summed E-state index contributed by atoms with van der Waals surface area (Å²) in [5, 5.41) is 19.2. The minimum absolute atomic E-state index is 0.0616. The molecule has 1 aromatic rings. The normalized spacial score (nSPS) is 28.2. The number of allylic oxidation sites excluding steroid dienone is 1. The number of para-hydroxylation sites is 1. The molecule has 0 bridgehead atoms. The zero-order chi connectivity index (χ0) is 18.3. The molecule has 0 saturated carbocycles. The number of carbonyl (C=O) groups is 3. The minimum atomic E-state index is -0.804. The molecule has 1 aromatic carbocycles. The maximum Gasteiger partial charge on any atom is 0.342 e. The highest BCUT2D eigenvalue weighted by Crippen LogP contribution is 2.41. The second-order valence-electron chi connectivity index (χ2n) is 6.47. The second kappa shape index (κ2) is 6.23. The van der Waals surface area contributed by atoms with Crippen LogP contribution in [0, 0.1) is 23.7 Å². The second-order valence-corrected chi connectivity index (χ2v) is 6.47. The number of esters is 1. The van der Waals surface area contributed by atoms with Gasteiger partial charge in [-0.1, -0.05) is 25.1 Å². The van der Waals surface area contributed by atoms with E-state index in [1.54, 1.807) is 6.08 Å². The Morgan fingerprint density at radius 1 is 1.16 bits per heavy atom. The molecule has 2 amide bonds. The number of imide groups is 1. The van der Waals surface area contributed by atoms with E-state index in [4.69, 9.17) is 4.74 Å². The van der Waals surface area contributed by atoms with Gasteiger partial charge in [0.25, 0.3) is 0 Å². The largest absolute Gasteiger partial charge is 0.504 e. The van der Waals surface area contributed by atoms with Gasteiger partial charge >= 0.3 is 5.97 Å². The number of amides is 2. The fraction of sp³-hybridized carbons (Fsp3) is 0.389. The standard InChI is InChI=1S/C18H19NO6/c1-9-6-7-10(14-13(9)16(22)19(2)17(14)23)8-25-18(24)11-4-3-5-12(20)15(11)21/h3-7,9-10,13-14,20-21H,8H2,1-2H3. The van der Waals surface area contributed by atoms with Crippen LogP contribution < -0.4 is 0 Å². The molecular formula is C18H19NO6. The molecule has 1 heterocycles. The predicted octanol–water partition coefficient (Wildman–Crippen LogP) is 1.31. The minimum Gasteiger partial charge on any atom is -0.504 e. The van der Waals surface area contributed by atoms with Gasteiger partial charge in [0.1, 0.15) is 5.56 Å². The molecule has 1 saturated heterocycles. The van der Waals surface area contributed by atoms with Gasteiger partial charge in [0, 0.05) is 13.0 Å². The third kappa shape index (κ3) is 2.75. The monoisotopic (exact) mass is 345 g/mol. The SMILES string of the molecule is CC1C=CC(COC(=O)c2cccc(O)c2O)C2C(=O)N(C)C(=O)C12. The summed E-state index contributed by atoms with van der Waals surface area (Å²) in [4.78, 5) is 37.9. The molecule has 3 rings (SSSR count). The van der Waals surface area contributed by atoms with Crippen molar-refractivity contribution in [2.45, 2.75) is 6.92 Å². The average molecular weight is 345 g/mol. The summed E-state index contributed by atoms with van der Waals surface area (Å²) < 4.78 is 5.22. The van der Waals surface area contributed by atoms with Crippen LogP contribution >= 0.6 is 0 Å². The lowest BCUT2D eigenvalue weighted by Crippen LogP contribution is -2.35. The molecule has 0 radical (unpaired) electrons. The molecule has 2 N–H and O–H groups in total. The first-order valence-corrected chi connectivity index (χ1v) is 8.00. The van der Waals surface area contributed by atoms with Gasteiger partial charge in [-0.25, -0.2) is 4.79 Å². The van der Waals surface area contributed by atoms with Gasteiger partial charge in [-0.2, -0.15) is 0 Å². The van der Waals surface area contributed by atoms with Gasteiger partial charge in [0.2, 0.25) is 11.8 Å². The van der Waals surface area contributed by atoms with E-state index in [0.29, 0.717) is 0 Å². The van der Waals surface area contributed by atoms with Crippen molar-refractivity contribution in [1.29, 1.82) is 0 Å². The smallest absolute Gasteiger partial charge is 0.342 e. The molecule has 25 heavy (non-hydrogen) atoms. The number of carbonyl (C=O) groups excluding carboxylic acids is 3. The molecule has 4 atom stereocenters. The van der Waals surface area contributed by atoms with Crippen LogP contribution in [0.1, 0.15) is 17.3 Å². The van der Waals surface area contributed by atoms with E-state index in [-0.39, 0.29) is 29.9 Å². The fourth-order valence-electron chi connectivity index (χ4n) is 3.53. The zero-order valence-electron chi connectivity index (χ0n) is 13.9. The van der Waals surface area contributed by atoms with Crippen LogP contribution in [0.15, 0.2) is 30.4 Å². The van der Waals surface area contributed by atoms with E-state index in [9.17, 15) is 24.6 Å². The molecule has 7 nitrogen and oxygen atoms in total. The number of aromatic hydroxyl groups is 2. The topological polar surface area (TPSA) is 104 Å². The van der Waals surface area contributed by atoms with Gasteiger partial charge in [0.05, 0.1) is 18.4 Å². The number of hydrogen-bond donors (Lipinski definition) is 2. The highest BCUT2D eigenvalue weighted by atomic mass is 16.5. The lowest BCUT2D eigenvalue weighted by molar-refractivity contribution is -0.138. The van der Waals surface area contributed by atoms with E-state index in [1.807, 2.05) is 13.0 Å². The molecule has 1 aliphatic carbocycles. The maximum atomic E-state index is 12.4. The zero-order valence-corrected chi connectivity index (χ0v) is 13.9. The van der Waals surface area contributed by atoms with Gasteiger partial charge in [-0.3, -0.25) is 14.5 Å². The van der Waals surface area contributed by atoms with Crippen molar-refractivity contribution >= 4 is 17.8 Å². The number of phenols is 2. The molecule has 1 aliphatic heterocycles. The van der Waals surface area contributed by atoms with Crippen LogP contribution in [0.5, 0.6) is 11.5 Å². The first-order chi connectivity index (χ1) is 11.8. The lowest BCUT2D eigenvalue weighted by Gasteiger charge is -2.29. The summed E-state index contributed by atoms with van der Waals surface area (Å²) in [6, 6.07) is 4.00. The highest BCUT2D eigenvalue weighted by Gasteiger charge is 2.52. The summed E-state index contributed by atoms with van der Waals surface area (Å²) >= 11 is 0. The van der Waals surface area contributed by atoms with E-state index in [0.717, 1.165) is 4.90 Å². The Balaban J connectivity index is 1.76. The van der Waals surface area contributed by atoms with E-state index >= 15 is 0 Å². The molecular weight excluding hydrogens is 326 g/mol. The molecule has 7 heteroatoms. The fourth-order valence-corrected chi connectivity index (χ4v) is 3.53. The lowest BCUT2D eigenvalue weighted by atomic mass is 9.73. The maximum absolute atomic E-state index is 12.4. The highest BCUT2D eigenvalue weighted by molar-refractivity contribution is 6.05. The molecule has 2 aliphatic rings. The number of likely N-dealkylation sites (tertiary alicyclic amines) is 1. The van der Waals surface area contributed by atoms with Crippen LogP contribution in [-0.2, 0) is 14.3 Å². The third-order valence-electron chi connectivity index (χ3n) is 4.95. The Labute approximate surface area is 144 Å². The van der Waals surface area contributed by atoms with Crippen molar-refractivity contribution in [3.05, 3.63) is 35.9 Å². The van der Waals surface area contributed by atoms with Crippen molar-refractivity contribution < 1.29 is 29.3 Å². The van der Waals surface area contributed by atoms with Crippen molar-refractivity contribution in [1.82, 2.24) is 4.90 Å². The molecule has 4 unspecified atom stereocenters. The van der Waals surface area contributed by atoms with Crippen LogP contribution in [0.2, 0.25) is 0 Å². The van der Waals surface area contributed by atoms with Gasteiger partial charge in [0.15, 0.2) is 11.5 Å². The summed E-state index contributed by atoms with van der Waals surface area (Å²) in [5.41, 5.74) is -0.157. The quantitative estimate of drug-likeness (QED) is 0.370. The molecule has 132 valence electrons. The van der Waals surface area contributed by atoms with E-state index < -0.39 is 35.2 Å². The number of nitrogens with zero attached hydrogens (tertiary/aromatic N) is 1. The number of fused-ring (bicyclic) bond motifs is 1. The molecule has 1 fully saturated rings. The number of ether oxygens (including phenoxy) is 1. The van der Waals surface area contributed by atoms with Crippen LogP contribution in [0.4, 0.5) is 0 Å². The number of benzene rings is 1. The predicted molar refractivity (Wildman–Crippen MR) is 86.6 cm³/mol. The van der Waals surface area contributed by atoms with Crippen LogP contribution in [0.3, 0.4) is 0 Å². The molecule has 0 spiro atoms. The van der Waals surface area contributed by atoms with Gasteiger partial charge in [-0.15, -0.1) is 0 Å². The van der Waals surface area contributed by atoms with E-state index in [1.165, 1.54) is 25.2 Å². The van der Waals surface area contributed by atoms with Crippen LogP contribution in [-0.4, -0.2) is 46.6 Å². The summed E-state index contributed by atoms with van der Waals surface area (Å²) in [6.45, 7) is 1.79. The average Bonchev–Trinajstić information content (AvgIpc) is 2.82. The van der Waals surface area contributed by atoms with Gasteiger partial charge < -0.3 is 14.9 Å². The Bertz CT molecular complexity index is 771. The van der Waals surface area contributed by atoms with Crippen LogP contribution in [0.25, 0.3) is 0 Å². The first kappa shape index (κ1) is 17.0. The summed E-state index contributed by atoms with van der Waals surface area (Å²) in [5.74, 6) is -3.73. The Morgan fingerprint density at radius 2 is 1.84 bits per heavy atom.